The SMILES string of the molecule is CCNC(=NCCCc1cn[nH]c1C)NC1CCS(=O)(=O)C1.I. The molecular weight excluding hydrogens is 429 g/mol. The Balaban J connectivity index is 0.00000264. The van der Waals surface area contributed by atoms with Gasteiger partial charge in [0.05, 0.1) is 17.7 Å². The summed E-state index contributed by atoms with van der Waals surface area (Å²) in [6.07, 6.45) is 4.37. The van der Waals surface area contributed by atoms with E-state index in [1.165, 1.54) is 5.56 Å². The number of aliphatic imine (C=N–C) groups is 1. The molecule has 0 radical (unpaired) electrons. The Bertz CT molecular complexity index is 614. The molecule has 0 spiro atoms. The number of hydrogen-bond acceptors (Lipinski definition) is 4. The molecule has 3 N–H and O–H groups in total. The molecule has 0 saturated carbocycles. The van der Waals surface area contributed by atoms with Crippen LogP contribution in [-0.4, -0.2) is 55.2 Å². The summed E-state index contributed by atoms with van der Waals surface area (Å²) in [4.78, 5) is 4.52. The lowest BCUT2D eigenvalue weighted by molar-refractivity contribution is 0.599. The number of aryl methyl sites for hydroxylation is 2. The highest BCUT2D eigenvalue weighted by Crippen LogP contribution is 2.11. The highest BCUT2D eigenvalue weighted by molar-refractivity contribution is 14.0. The standard InChI is InChI=1S/C14H25N5O2S.HI/c1-3-15-14(18-13-6-8-22(20,21)10-13)16-7-4-5-12-9-17-19-11(12)2;/h9,13H,3-8,10H2,1-2H3,(H,17,19)(H2,15,16,18);1H. The molecule has 132 valence electrons. The number of aromatic amines is 1. The predicted molar refractivity (Wildman–Crippen MR) is 103 cm³/mol. The molecule has 1 aromatic rings. The maximum Gasteiger partial charge on any atom is 0.191 e. The molecule has 1 unspecified atom stereocenters. The number of aromatic nitrogens is 2. The number of nitrogens with one attached hydrogen (secondary N) is 3. The van der Waals surface area contributed by atoms with Gasteiger partial charge >= 0.3 is 0 Å². The van der Waals surface area contributed by atoms with E-state index in [0.29, 0.717) is 18.9 Å². The number of sulfone groups is 1. The van der Waals surface area contributed by atoms with Gasteiger partial charge in [-0.1, -0.05) is 0 Å². The van der Waals surface area contributed by atoms with Crippen molar-refractivity contribution in [2.75, 3.05) is 24.6 Å². The van der Waals surface area contributed by atoms with E-state index in [2.05, 4.69) is 25.8 Å². The monoisotopic (exact) mass is 455 g/mol. The van der Waals surface area contributed by atoms with Gasteiger partial charge in [-0.15, -0.1) is 24.0 Å². The van der Waals surface area contributed by atoms with Crippen LogP contribution in [0.4, 0.5) is 0 Å². The topological polar surface area (TPSA) is 99.2 Å². The van der Waals surface area contributed by atoms with E-state index in [-0.39, 0.29) is 41.5 Å². The number of rotatable bonds is 6. The summed E-state index contributed by atoms with van der Waals surface area (Å²) in [5.74, 6) is 1.17. The third kappa shape index (κ3) is 6.66. The average Bonchev–Trinajstić information content (AvgIpc) is 3.01. The van der Waals surface area contributed by atoms with Crippen molar-refractivity contribution in [1.82, 2.24) is 20.8 Å². The smallest absolute Gasteiger partial charge is 0.191 e. The lowest BCUT2D eigenvalue weighted by Crippen LogP contribution is -2.44. The Morgan fingerprint density at radius 2 is 2.30 bits per heavy atom. The zero-order chi connectivity index (χ0) is 16.0. The third-order valence-electron chi connectivity index (χ3n) is 3.73. The molecule has 0 bridgehead atoms. The summed E-state index contributed by atoms with van der Waals surface area (Å²) in [5.41, 5.74) is 2.32. The molecule has 1 aliphatic heterocycles. The van der Waals surface area contributed by atoms with Gasteiger partial charge in [0.2, 0.25) is 0 Å². The summed E-state index contributed by atoms with van der Waals surface area (Å²) in [6, 6.07) is -0.0288. The van der Waals surface area contributed by atoms with Gasteiger partial charge in [0.15, 0.2) is 15.8 Å². The van der Waals surface area contributed by atoms with Crippen LogP contribution in [0.3, 0.4) is 0 Å². The molecule has 2 heterocycles. The molecule has 0 aromatic carbocycles. The molecule has 2 rings (SSSR count). The van der Waals surface area contributed by atoms with Crippen molar-refractivity contribution in [1.29, 1.82) is 0 Å². The number of nitrogens with zero attached hydrogens (tertiary/aromatic N) is 2. The largest absolute Gasteiger partial charge is 0.357 e. The van der Waals surface area contributed by atoms with Crippen LogP contribution in [0.25, 0.3) is 0 Å². The molecule has 0 aliphatic carbocycles. The van der Waals surface area contributed by atoms with Crippen LogP contribution in [0.1, 0.15) is 31.0 Å². The summed E-state index contributed by atoms with van der Waals surface area (Å²) >= 11 is 0. The van der Waals surface area contributed by atoms with Crippen molar-refractivity contribution >= 4 is 39.8 Å². The van der Waals surface area contributed by atoms with Gasteiger partial charge in [0.25, 0.3) is 0 Å². The van der Waals surface area contributed by atoms with Gasteiger partial charge in [-0.3, -0.25) is 10.1 Å². The summed E-state index contributed by atoms with van der Waals surface area (Å²) in [5, 5.41) is 13.3. The molecule has 1 atom stereocenters. The minimum atomic E-state index is -2.87. The van der Waals surface area contributed by atoms with E-state index < -0.39 is 9.84 Å². The zero-order valence-corrected chi connectivity index (χ0v) is 16.8. The second-order valence-electron chi connectivity index (χ2n) is 5.63. The van der Waals surface area contributed by atoms with Crippen LogP contribution >= 0.6 is 24.0 Å². The Labute approximate surface area is 155 Å². The first-order valence-corrected chi connectivity index (χ1v) is 9.56. The molecule has 1 aliphatic rings. The molecule has 1 saturated heterocycles. The fraction of sp³-hybridized carbons (Fsp3) is 0.714. The van der Waals surface area contributed by atoms with Gasteiger partial charge in [-0.25, -0.2) is 8.42 Å². The minimum absolute atomic E-state index is 0. The Morgan fingerprint density at radius 1 is 1.52 bits per heavy atom. The average molecular weight is 455 g/mol. The Morgan fingerprint density at radius 3 is 2.87 bits per heavy atom. The lowest BCUT2D eigenvalue weighted by atomic mass is 10.1. The van der Waals surface area contributed by atoms with Gasteiger partial charge in [0.1, 0.15) is 0 Å². The van der Waals surface area contributed by atoms with E-state index >= 15 is 0 Å². The van der Waals surface area contributed by atoms with E-state index in [1.807, 2.05) is 20.0 Å². The van der Waals surface area contributed by atoms with E-state index in [1.54, 1.807) is 0 Å². The van der Waals surface area contributed by atoms with Crippen LogP contribution < -0.4 is 10.6 Å². The van der Waals surface area contributed by atoms with Crippen LogP contribution in [0.15, 0.2) is 11.2 Å². The van der Waals surface area contributed by atoms with Crippen molar-refractivity contribution in [3.05, 3.63) is 17.5 Å². The summed E-state index contributed by atoms with van der Waals surface area (Å²) < 4.78 is 23.0. The van der Waals surface area contributed by atoms with Crippen LogP contribution in [0.5, 0.6) is 0 Å². The van der Waals surface area contributed by atoms with E-state index in [9.17, 15) is 8.42 Å². The molecule has 9 heteroatoms. The quantitative estimate of drug-likeness (QED) is 0.258. The molecule has 23 heavy (non-hydrogen) atoms. The maximum absolute atomic E-state index is 11.5. The molecule has 7 nitrogen and oxygen atoms in total. The van der Waals surface area contributed by atoms with Gasteiger partial charge in [0, 0.05) is 24.8 Å². The Kier molecular flexibility index (Phi) is 8.31. The zero-order valence-electron chi connectivity index (χ0n) is 13.6. The maximum atomic E-state index is 11.5. The van der Waals surface area contributed by atoms with Crippen LogP contribution in [0, 0.1) is 6.92 Å². The first-order valence-electron chi connectivity index (χ1n) is 7.74. The fourth-order valence-corrected chi connectivity index (χ4v) is 4.18. The lowest BCUT2D eigenvalue weighted by Gasteiger charge is -2.15. The first-order chi connectivity index (χ1) is 10.5. The second kappa shape index (κ2) is 9.45. The van der Waals surface area contributed by atoms with Crippen LogP contribution in [-0.2, 0) is 16.3 Å². The highest BCUT2D eigenvalue weighted by Gasteiger charge is 2.28. The highest BCUT2D eigenvalue weighted by atomic mass is 127. The third-order valence-corrected chi connectivity index (χ3v) is 5.49. The second-order valence-corrected chi connectivity index (χ2v) is 7.86. The normalized spacial score (nSPS) is 20.1. The van der Waals surface area contributed by atoms with Crippen molar-refractivity contribution in [2.24, 2.45) is 4.99 Å². The Hall–Kier alpha value is -0.840. The van der Waals surface area contributed by atoms with Gasteiger partial charge in [-0.05, 0) is 38.7 Å². The molecule has 1 aromatic heterocycles. The van der Waals surface area contributed by atoms with Crippen molar-refractivity contribution < 1.29 is 8.42 Å². The van der Waals surface area contributed by atoms with Crippen molar-refractivity contribution in [3.63, 3.8) is 0 Å². The van der Waals surface area contributed by atoms with Gasteiger partial charge < -0.3 is 10.6 Å². The number of H-pyrrole nitrogens is 1. The van der Waals surface area contributed by atoms with Crippen molar-refractivity contribution in [3.8, 4) is 0 Å². The summed E-state index contributed by atoms with van der Waals surface area (Å²) in [7, 11) is -2.87. The molecule has 1 fully saturated rings. The van der Waals surface area contributed by atoms with E-state index in [4.69, 9.17) is 0 Å². The predicted octanol–water partition coefficient (Wildman–Crippen LogP) is 1.01. The summed E-state index contributed by atoms with van der Waals surface area (Å²) in [6.45, 7) is 5.46. The number of guanidine groups is 1. The van der Waals surface area contributed by atoms with Crippen LogP contribution in [0.2, 0.25) is 0 Å². The van der Waals surface area contributed by atoms with Crippen molar-refractivity contribution in [2.45, 2.75) is 39.2 Å². The fourth-order valence-electron chi connectivity index (χ4n) is 2.51. The molecular formula is C14H26IN5O2S. The molecule has 0 amide bonds. The van der Waals surface area contributed by atoms with E-state index in [0.717, 1.165) is 25.1 Å². The number of halogens is 1. The number of hydrogen-bond donors (Lipinski definition) is 3. The van der Waals surface area contributed by atoms with Gasteiger partial charge in [-0.2, -0.15) is 5.10 Å². The first kappa shape index (κ1) is 20.2. The minimum Gasteiger partial charge on any atom is -0.357 e.